The summed E-state index contributed by atoms with van der Waals surface area (Å²) in [6, 6.07) is 11.5. The van der Waals surface area contributed by atoms with Crippen molar-refractivity contribution in [1.82, 2.24) is 4.98 Å². The molecule has 1 N–H and O–H groups in total. The number of hydrogen-bond acceptors (Lipinski definition) is 2. The number of amides is 1. The molecule has 2 atom stereocenters. The molecule has 0 saturated heterocycles. The fourth-order valence-corrected chi connectivity index (χ4v) is 4.49. The van der Waals surface area contributed by atoms with Crippen LogP contribution in [0.2, 0.25) is 5.02 Å². The molecule has 2 unspecified atom stereocenters. The van der Waals surface area contributed by atoms with E-state index in [0.29, 0.717) is 5.02 Å². The Morgan fingerprint density at radius 2 is 2.09 bits per heavy atom. The van der Waals surface area contributed by atoms with Gasteiger partial charge in [-0.1, -0.05) is 38.1 Å². The standard InChI is InChI=1S/C19H17ClN2O/c1-4-12-6-5-7-15(21-12)16-18(2,3)19(16)13-10-11(20)8-9-14(13)22-17(19)23/h4-10,16H,1H2,2-3H3,(H,22,23). The molecule has 23 heavy (non-hydrogen) atoms. The number of fused-ring (bicyclic) bond motifs is 2. The van der Waals surface area contributed by atoms with Gasteiger partial charge in [0.2, 0.25) is 5.91 Å². The second-order valence-corrected chi connectivity index (χ2v) is 7.23. The topological polar surface area (TPSA) is 42.0 Å². The number of pyridine rings is 1. The van der Waals surface area contributed by atoms with Gasteiger partial charge in [0.1, 0.15) is 0 Å². The van der Waals surface area contributed by atoms with Gasteiger partial charge in [0.05, 0.1) is 11.1 Å². The minimum absolute atomic E-state index is 0.0228. The molecule has 116 valence electrons. The Balaban J connectivity index is 1.91. The highest BCUT2D eigenvalue weighted by Gasteiger charge is 2.79. The van der Waals surface area contributed by atoms with Gasteiger partial charge in [-0.05, 0) is 47.4 Å². The summed E-state index contributed by atoms with van der Waals surface area (Å²) in [4.78, 5) is 17.5. The zero-order valence-electron chi connectivity index (χ0n) is 13.1. The molecule has 1 aromatic heterocycles. The molecule has 1 aromatic carbocycles. The van der Waals surface area contributed by atoms with Crippen LogP contribution < -0.4 is 5.32 Å². The van der Waals surface area contributed by atoms with Crippen molar-refractivity contribution >= 4 is 29.3 Å². The fraction of sp³-hybridized carbons (Fsp3) is 0.263. The summed E-state index contributed by atoms with van der Waals surface area (Å²) in [6.45, 7) is 8.02. The summed E-state index contributed by atoms with van der Waals surface area (Å²) in [7, 11) is 0. The van der Waals surface area contributed by atoms with E-state index >= 15 is 0 Å². The number of anilines is 1. The molecule has 3 nitrogen and oxygen atoms in total. The molecule has 2 aliphatic rings. The Kier molecular flexibility index (Phi) is 2.80. The lowest BCUT2D eigenvalue weighted by atomic mass is 9.89. The van der Waals surface area contributed by atoms with Gasteiger partial charge in [-0.2, -0.15) is 0 Å². The highest BCUT2D eigenvalue weighted by atomic mass is 35.5. The SMILES string of the molecule is C=Cc1cccc(C2C(C)(C)C23C(=O)Nc2ccc(Cl)cc23)n1. The quantitative estimate of drug-likeness (QED) is 0.890. The first kappa shape index (κ1) is 14.5. The molecule has 0 radical (unpaired) electrons. The van der Waals surface area contributed by atoms with Gasteiger partial charge in [0, 0.05) is 22.3 Å². The smallest absolute Gasteiger partial charge is 0.236 e. The van der Waals surface area contributed by atoms with E-state index in [0.717, 1.165) is 22.6 Å². The maximum absolute atomic E-state index is 12.9. The molecule has 1 amide bonds. The molecule has 4 heteroatoms. The van der Waals surface area contributed by atoms with Crippen LogP contribution in [0.15, 0.2) is 43.0 Å². The normalized spacial score (nSPS) is 26.7. The predicted molar refractivity (Wildman–Crippen MR) is 92.6 cm³/mol. The van der Waals surface area contributed by atoms with E-state index in [9.17, 15) is 4.79 Å². The van der Waals surface area contributed by atoms with Crippen LogP contribution in [-0.2, 0) is 10.2 Å². The van der Waals surface area contributed by atoms with Gasteiger partial charge in [-0.15, -0.1) is 0 Å². The van der Waals surface area contributed by atoms with Crippen LogP contribution in [-0.4, -0.2) is 10.9 Å². The maximum Gasteiger partial charge on any atom is 0.236 e. The van der Waals surface area contributed by atoms with Crippen LogP contribution in [0.1, 0.15) is 36.7 Å². The van der Waals surface area contributed by atoms with E-state index in [1.807, 2.05) is 30.3 Å². The van der Waals surface area contributed by atoms with E-state index in [1.54, 1.807) is 12.1 Å². The van der Waals surface area contributed by atoms with Gasteiger partial charge in [-0.25, -0.2) is 0 Å². The van der Waals surface area contributed by atoms with Crippen LogP contribution >= 0.6 is 11.6 Å². The Bertz CT molecular complexity index is 858. The molecule has 2 heterocycles. The molecule has 1 saturated carbocycles. The molecule has 1 aliphatic carbocycles. The Labute approximate surface area is 140 Å². The minimum atomic E-state index is -0.597. The third kappa shape index (κ3) is 1.66. The predicted octanol–water partition coefficient (Wildman–Crippen LogP) is 4.39. The first-order valence-corrected chi connectivity index (χ1v) is 8.01. The van der Waals surface area contributed by atoms with E-state index < -0.39 is 5.41 Å². The van der Waals surface area contributed by atoms with E-state index in [1.165, 1.54) is 0 Å². The number of carbonyl (C=O) groups is 1. The Morgan fingerprint density at radius 3 is 2.83 bits per heavy atom. The zero-order valence-corrected chi connectivity index (χ0v) is 13.8. The zero-order chi connectivity index (χ0) is 16.4. The van der Waals surface area contributed by atoms with Crippen LogP contribution in [0.5, 0.6) is 0 Å². The molecular weight excluding hydrogens is 308 g/mol. The van der Waals surface area contributed by atoms with Gasteiger partial charge < -0.3 is 5.32 Å². The molecule has 4 rings (SSSR count). The van der Waals surface area contributed by atoms with Gasteiger partial charge in [0.15, 0.2) is 0 Å². The fourth-order valence-electron chi connectivity index (χ4n) is 4.32. The van der Waals surface area contributed by atoms with Crippen LogP contribution in [0.4, 0.5) is 5.69 Å². The molecule has 1 aliphatic heterocycles. The number of benzene rings is 1. The maximum atomic E-state index is 12.9. The molecule has 0 bridgehead atoms. The van der Waals surface area contributed by atoms with Crippen LogP contribution in [0, 0.1) is 5.41 Å². The molecule has 1 spiro atoms. The molecular formula is C19H17ClN2O. The van der Waals surface area contributed by atoms with Crippen LogP contribution in [0.3, 0.4) is 0 Å². The van der Waals surface area contributed by atoms with Gasteiger partial charge in [0.25, 0.3) is 0 Å². The second-order valence-electron chi connectivity index (χ2n) is 6.80. The molecule has 1 fully saturated rings. The summed E-state index contributed by atoms with van der Waals surface area (Å²) in [5, 5.41) is 3.66. The lowest BCUT2D eigenvalue weighted by Crippen LogP contribution is -2.25. The third-order valence-electron chi connectivity index (χ3n) is 5.40. The average molecular weight is 325 g/mol. The minimum Gasteiger partial charge on any atom is -0.325 e. The Hall–Kier alpha value is -2.13. The van der Waals surface area contributed by atoms with Crippen LogP contribution in [0.25, 0.3) is 6.08 Å². The van der Waals surface area contributed by atoms with Crippen molar-refractivity contribution in [3.05, 3.63) is 65.0 Å². The largest absolute Gasteiger partial charge is 0.325 e. The Morgan fingerprint density at radius 1 is 1.30 bits per heavy atom. The van der Waals surface area contributed by atoms with Crippen molar-refractivity contribution in [1.29, 1.82) is 0 Å². The highest BCUT2D eigenvalue weighted by molar-refractivity contribution is 6.31. The number of carbonyl (C=O) groups excluding carboxylic acids is 1. The number of aromatic nitrogens is 1. The van der Waals surface area contributed by atoms with Crippen molar-refractivity contribution in [2.45, 2.75) is 25.2 Å². The monoisotopic (exact) mass is 324 g/mol. The second kappa shape index (κ2) is 4.45. The van der Waals surface area contributed by atoms with E-state index in [4.69, 9.17) is 11.6 Å². The van der Waals surface area contributed by atoms with Gasteiger partial charge >= 0.3 is 0 Å². The average Bonchev–Trinajstić information content (AvgIpc) is 2.92. The first-order valence-electron chi connectivity index (χ1n) is 7.64. The summed E-state index contributed by atoms with van der Waals surface area (Å²) < 4.78 is 0. The number of hydrogen-bond donors (Lipinski definition) is 1. The number of nitrogens with zero attached hydrogens (tertiary/aromatic N) is 1. The van der Waals surface area contributed by atoms with Crippen molar-refractivity contribution < 1.29 is 4.79 Å². The van der Waals surface area contributed by atoms with Crippen molar-refractivity contribution in [3.8, 4) is 0 Å². The third-order valence-corrected chi connectivity index (χ3v) is 5.63. The van der Waals surface area contributed by atoms with Gasteiger partial charge in [-0.3, -0.25) is 9.78 Å². The molecule has 2 aromatic rings. The van der Waals surface area contributed by atoms with E-state index in [-0.39, 0.29) is 17.2 Å². The number of halogens is 1. The first-order chi connectivity index (χ1) is 10.9. The summed E-state index contributed by atoms with van der Waals surface area (Å²) in [5.41, 5.74) is 2.77. The number of rotatable bonds is 2. The van der Waals surface area contributed by atoms with Crippen molar-refractivity contribution in [3.63, 3.8) is 0 Å². The summed E-state index contributed by atoms with van der Waals surface area (Å²) >= 11 is 6.19. The lowest BCUT2D eigenvalue weighted by molar-refractivity contribution is -0.118. The van der Waals surface area contributed by atoms with Crippen molar-refractivity contribution in [2.75, 3.05) is 5.32 Å². The summed E-state index contributed by atoms with van der Waals surface area (Å²) in [6.07, 6.45) is 1.73. The highest BCUT2D eigenvalue weighted by Crippen LogP contribution is 2.77. The van der Waals surface area contributed by atoms with Crippen molar-refractivity contribution in [2.24, 2.45) is 5.41 Å². The number of nitrogens with one attached hydrogen (secondary N) is 1. The van der Waals surface area contributed by atoms with E-state index in [2.05, 4.69) is 30.7 Å². The lowest BCUT2D eigenvalue weighted by Gasteiger charge is -2.11. The summed E-state index contributed by atoms with van der Waals surface area (Å²) in [5.74, 6) is 0.0604.